The molecule has 50 valence electrons. The normalized spacial score (nSPS) is 8.22. The Morgan fingerprint density at radius 1 is 1.56 bits per heavy atom. The zero-order chi connectivity index (χ0) is 5.98. The molecule has 0 aromatic carbocycles. The smallest absolute Gasteiger partial charge is 0.131 e. The molecular formula is C5H6Br2N2. The van der Waals surface area contributed by atoms with Crippen LogP contribution in [0.15, 0.2) is 16.9 Å². The Bertz CT molecular complexity index is 169. The summed E-state index contributed by atoms with van der Waals surface area (Å²) in [6, 6.07) is 1.90. The van der Waals surface area contributed by atoms with Gasteiger partial charge in [-0.25, -0.2) is 0 Å². The van der Waals surface area contributed by atoms with Crippen LogP contribution in [0.4, 0.5) is 0 Å². The van der Waals surface area contributed by atoms with Crippen molar-refractivity contribution in [1.29, 1.82) is 0 Å². The molecule has 0 saturated heterocycles. The molecule has 0 unspecified atom stereocenters. The van der Waals surface area contributed by atoms with Crippen molar-refractivity contribution < 1.29 is 0 Å². The van der Waals surface area contributed by atoms with Crippen molar-refractivity contribution in [1.82, 2.24) is 10.2 Å². The minimum atomic E-state index is 0. The van der Waals surface area contributed by atoms with Crippen molar-refractivity contribution in [2.24, 2.45) is 0 Å². The van der Waals surface area contributed by atoms with Gasteiger partial charge < -0.3 is 0 Å². The van der Waals surface area contributed by atoms with Crippen LogP contribution in [-0.4, -0.2) is 10.2 Å². The Labute approximate surface area is 72.6 Å². The lowest BCUT2D eigenvalue weighted by atomic mass is 10.4. The molecule has 0 saturated carbocycles. The van der Waals surface area contributed by atoms with Crippen molar-refractivity contribution >= 4 is 32.9 Å². The fourth-order valence-corrected chi connectivity index (χ4v) is 0.601. The van der Waals surface area contributed by atoms with E-state index in [4.69, 9.17) is 0 Å². The predicted molar refractivity (Wildman–Crippen MR) is 44.8 cm³/mol. The lowest BCUT2D eigenvalue weighted by Crippen LogP contribution is -1.82. The van der Waals surface area contributed by atoms with E-state index in [1.165, 1.54) is 0 Å². The van der Waals surface area contributed by atoms with Crippen molar-refractivity contribution in [2.75, 3.05) is 0 Å². The van der Waals surface area contributed by atoms with Crippen LogP contribution >= 0.6 is 32.9 Å². The summed E-state index contributed by atoms with van der Waals surface area (Å²) in [5, 5.41) is 7.39. The molecule has 0 aliphatic carbocycles. The summed E-state index contributed by atoms with van der Waals surface area (Å²) in [5.41, 5.74) is 1.11. The molecule has 1 rings (SSSR count). The summed E-state index contributed by atoms with van der Waals surface area (Å²) in [6.07, 6.45) is 1.67. The number of aryl methyl sites for hydroxylation is 1. The number of rotatable bonds is 0. The van der Waals surface area contributed by atoms with Gasteiger partial charge in [0, 0.05) is 6.20 Å². The fourth-order valence-electron chi connectivity index (χ4n) is 0.377. The topological polar surface area (TPSA) is 25.8 Å². The van der Waals surface area contributed by atoms with Crippen LogP contribution in [0.3, 0.4) is 0 Å². The van der Waals surface area contributed by atoms with Gasteiger partial charge in [-0.1, -0.05) is 0 Å². The van der Waals surface area contributed by atoms with E-state index in [2.05, 4.69) is 26.1 Å². The molecule has 9 heavy (non-hydrogen) atoms. The van der Waals surface area contributed by atoms with Crippen LogP contribution in [0, 0.1) is 6.92 Å². The van der Waals surface area contributed by atoms with E-state index in [1.807, 2.05) is 13.0 Å². The molecule has 0 aliphatic heterocycles. The number of halogens is 2. The van der Waals surface area contributed by atoms with Crippen LogP contribution in [-0.2, 0) is 0 Å². The van der Waals surface area contributed by atoms with E-state index >= 15 is 0 Å². The SMILES string of the molecule is Br.Cc1ccnnc1Br. The van der Waals surface area contributed by atoms with E-state index in [1.54, 1.807) is 6.20 Å². The standard InChI is InChI=1S/C5H5BrN2.BrH/c1-4-2-3-7-8-5(4)6;/h2-3H,1H3;1H. The van der Waals surface area contributed by atoms with Crippen molar-refractivity contribution in [3.05, 3.63) is 22.4 Å². The zero-order valence-corrected chi connectivity index (χ0v) is 8.13. The first-order chi connectivity index (χ1) is 3.80. The molecule has 0 spiro atoms. The van der Waals surface area contributed by atoms with E-state index in [0.29, 0.717) is 0 Å². The van der Waals surface area contributed by atoms with Crippen LogP contribution in [0.2, 0.25) is 0 Å². The molecule has 2 nitrogen and oxygen atoms in total. The van der Waals surface area contributed by atoms with Gasteiger partial charge in [-0.3, -0.25) is 0 Å². The summed E-state index contributed by atoms with van der Waals surface area (Å²) in [4.78, 5) is 0. The predicted octanol–water partition coefficient (Wildman–Crippen LogP) is 2.13. The Morgan fingerprint density at radius 3 is 2.56 bits per heavy atom. The quantitative estimate of drug-likeness (QED) is 0.708. The minimum Gasteiger partial charge on any atom is -0.158 e. The van der Waals surface area contributed by atoms with Gasteiger partial charge in [-0.15, -0.1) is 22.1 Å². The van der Waals surface area contributed by atoms with E-state index < -0.39 is 0 Å². The van der Waals surface area contributed by atoms with Crippen molar-refractivity contribution in [3.8, 4) is 0 Å². The first-order valence-electron chi connectivity index (χ1n) is 2.24. The molecule has 0 N–H and O–H groups in total. The fraction of sp³-hybridized carbons (Fsp3) is 0.200. The van der Waals surface area contributed by atoms with Gasteiger partial charge in [0.1, 0.15) is 4.60 Å². The second-order valence-electron chi connectivity index (χ2n) is 1.51. The molecule has 0 aliphatic rings. The van der Waals surface area contributed by atoms with Crippen LogP contribution in [0.25, 0.3) is 0 Å². The highest BCUT2D eigenvalue weighted by molar-refractivity contribution is 9.10. The largest absolute Gasteiger partial charge is 0.158 e. The maximum Gasteiger partial charge on any atom is 0.131 e. The maximum absolute atomic E-state index is 3.75. The molecule has 0 fully saturated rings. The van der Waals surface area contributed by atoms with Crippen LogP contribution in [0.5, 0.6) is 0 Å². The molecule has 0 bridgehead atoms. The lowest BCUT2D eigenvalue weighted by molar-refractivity contribution is 0.986. The summed E-state index contributed by atoms with van der Waals surface area (Å²) >= 11 is 3.22. The number of hydrogen-bond acceptors (Lipinski definition) is 2. The molecule has 1 aromatic heterocycles. The van der Waals surface area contributed by atoms with Gasteiger partial charge >= 0.3 is 0 Å². The first-order valence-corrected chi connectivity index (χ1v) is 3.04. The maximum atomic E-state index is 3.75. The van der Waals surface area contributed by atoms with Gasteiger partial charge in [0.25, 0.3) is 0 Å². The molecular weight excluding hydrogens is 248 g/mol. The Kier molecular flexibility index (Phi) is 3.97. The lowest BCUT2D eigenvalue weighted by Gasteiger charge is -1.89. The van der Waals surface area contributed by atoms with Crippen LogP contribution in [0.1, 0.15) is 5.56 Å². The van der Waals surface area contributed by atoms with Gasteiger partial charge in [0.05, 0.1) is 0 Å². The molecule has 1 aromatic rings. The number of aromatic nitrogens is 2. The molecule has 0 radical (unpaired) electrons. The molecule has 1 heterocycles. The second-order valence-corrected chi connectivity index (χ2v) is 2.26. The number of nitrogens with zero attached hydrogens (tertiary/aromatic N) is 2. The highest BCUT2D eigenvalue weighted by Crippen LogP contribution is 2.07. The first kappa shape index (κ1) is 9.04. The summed E-state index contributed by atoms with van der Waals surface area (Å²) in [5.74, 6) is 0. The van der Waals surface area contributed by atoms with Gasteiger partial charge in [-0.05, 0) is 34.5 Å². The van der Waals surface area contributed by atoms with Crippen LogP contribution < -0.4 is 0 Å². The van der Waals surface area contributed by atoms with E-state index in [-0.39, 0.29) is 17.0 Å². The zero-order valence-electron chi connectivity index (χ0n) is 4.84. The van der Waals surface area contributed by atoms with Crippen molar-refractivity contribution in [2.45, 2.75) is 6.92 Å². The summed E-state index contributed by atoms with van der Waals surface area (Å²) in [7, 11) is 0. The number of hydrogen-bond donors (Lipinski definition) is 0. The van der Waals surface area contributed by atoms with E-state index in [0.717, 1.165) is 10.2 Å². The second kappa shape index (κ2) is 3.95. The molecule has 0 amide bonds. The molecule has 0 atom stereocenters. The monoisotopic (exact) mass is 252 g/mol. The third kappa shape index (κ3) is 2.41. The average Bonchev–Trinajstić information content (AvgIpc) is 1.77. The Balaban J connectivity index is 0.000000640. The Hall–Kier alpha value is 0.0400. The highest BCUT2D eigenvalue weighted by Gasteiger charge is 1.89. The summed E-state index contributed by atoms with van der Waals surface area (Å²) in [6.45, 7) is 1.97. The molecule has 4 heteroatoms. The van der Waals surface area contributed by atoms with Gasteiger partial charge in [0.15, 0.2) is 0 Å². The van der Waals surface area contributed by atoms with E-state index in [9.17, 15) is 0 Å². The average molecular weight is 254 g/mol. The highest BCUT2D eigenvalue weighted by atomic mass is 79.9. The third-order valence-electron chi connectivity index (χ3n) is 0.862. The summed E-state index contributed by atoms with van der Waals surface area (Å²) < 4.78 is 0.819. The van der Waals surface area contributed by atoms with Crippen molar-refractivity contribution in [3.63, 3.8) is 0 Å². The Morgan fingerprint density at radius 2 is 2.22 bits per heavy atom. The van der Waals surface area contributed by atoms with Gasteiger partial charge in [0.2, 0.25) is 0 Å². The minimum absolute atomic E-state index is 0. The van der Waals surface area contributed by atoms with Gasteiger partial charge in [-0.2, -0.15) is 5.10 Å². The third-order valence-corrected chi connectivity index (χ3v) is 1.65.